The number of nitro groups is 1. The van der Waals surface area contributed by atoms with Gasteiger partial charge in [0.25, 0.3) is 5.69 Å². The molecule has 4 amide bonds. The van der Waals surface area contributed by atoms with Crippen LogP contribution in [0.4, 0.5) is 10.5 Å². The van der Waals surface area contributed by atoms with Gasteiger partial charge in [-0.05, 0) is 5.56 Å². The van der Waals surface area contributed by atoms with Crippen molar-refractivity contribution >= 4 is 23.5 Å². The van der Waals surface area contributed by atoms with Gasteiger partial charge in [0, 0.05) is 32.1 Å². The van der Waals surface area contributed by atoms with Crippen LogP contribution >= 0.6 is 0 Å². The highest BCUT2D eigenvalue weighted by Crippen LogP contribution is 2.75. The second kappa shape index (κ2) is 5.10. The highest BCUT2D eigenvalue weighted by molar-refractivity contribution is 6.23. The van der Waals surface area contributed by atoms with Crippen molar-refractivity contribution in [2.45, 2.75) is 5.92 Å². The smallest absolute Gasteiger partial charge is 0.273 e. The minimum absolute atomic E-state index is 0.214. The summed E-state index contributed by atoms with van der Waals surface area (Å²) in [5.74, 6) is -3.00. The molecule has 1 aromatic carbocycles. The fourth-order valence-electron chi connectivity index (χ4n) is 3.70. The number of hydrogen-bond acceptors (Lipinski definition) is 7. The molecule has 1 unspecified atom stereocenters. The molecule has 1 heterocycles. The first kappa shape index (κ1) is 17.0. The molecule has 1 atom stereocenters. The maximum atomic E-state index is 12.8. The van der Waals surface area contributed by atoms with Crippen LogP contribution in [0, 0.1) is 43.6 Å². The van der Waals surface area contributed by atoms with Gasteiger partial charge in [-0.3, -0.25) is 29.5 Å². The highest BCUT2D eigenvalue weighted by atomic mass is 16.6. The zero-order valence-electron chi connectivity index (χ0n) is 13.7. The third-order valence-corrected chi connectivity index (χ3v) is 5.05. The normalized spacial score (nSPS) is 22.8. The van der Waals surface area contributed by atoms with Crippen molar-refractivity contribution in [1.82, 2.24) is 9.80 Å². The third kappa shape index (κ3) is 1.65. The number of amides is 4. The maximum absolute atomic E-state index is 12.8. The standard InChI is InChI=1S/C16H11N5O5/c1-19-12(22)16(13(23)20(2)14(19)24)11(15(16,7-17)8-18)9-3-5-10(6-4-9)21(25)26/h3-6,11H,1-2H3. The summed E-state index contributed by atoms with van der Waals surface area (Å²) in [6.45, 7) is 0. The van der Waals surface area contributed by atoms with E-state index in [-0.39, 0.29) is 11.3 Å². The van der Waals surface area contributed by atoms with Crippen LogP contribution in [0.2, 0.25) is 0 Å². The lowest BCUT2D eigenvalue weighted by Crippen LogP contribution is -2.59. The highest BCUT2D eigenvalue weighted by Gasteiger charge is 2.89. The molecule has 0 N–H and O–H groups in total. The number of nitro benzene ring substituents is 1. The summed E-state index contributed by atoms with van der Waals surface area (Å²) in [5.41, 5.74) is -4.00. The summed E-state index contributed by atoms with van der Waals surface area (Å²) >= 11 is 0. The Morgan fingerprint density at radius 2 is 1.50 bits per heavy atom. The molecule has 10 heteroatoms. The second-order valence-corrected chi connectivity index (χ2v) is 6.13. The van der Waals surface area contributed by atoms with E-state index in [0.717, 1.165) is 12.1 Å². The van der Waals surface area contributed by atoms with Crippen LogP contribution in [0.5, 0.6) is 0 Å². The molecule has 26 heavy (non-hydrogen) atoms. The number of carbonyl (C=O) groups is 3. The van der Waals surface area contributed by atoms with Gasteiger partial charge in [0.2, 0.25) is 11.8 Å². The molecule has 1 saturated heterocycles. The largest absolute Gasteiger partial charge is 0.332 e. The SMILES string of the molecule is CN1C(=O)N(C)C(=O)C2(C1=O)C(c1ccc([N+](=O)[O-])cc1)C2(C#N)C#N. The van der Waals surface area contributed by atoms with Crippen LogP contribution in [-0.2, 0) is 9.59 Å². The van der Waals surface area contributed by atoms with Crippen molar-refractivity contribution < 1.29 is 19.3 Å². The van der Waals surface area contributed by atoms with Gasteiger partial charge in [-0.15, -0.1) is 0 Å². The van der Waals surface area contributed by atoms with Crippen molar-refractivity contribution in [3.8, 4) is 12.1 Å². The van der Waals surface area contributed by atoms with Crippen LogP contribution in [0.1, 0.15) is 11.5 Å². The summed E-state index contributed by atoms with van der Waals surface area (Å²) in [4.78, 5) is 49.2. The van der Waals surface area contributed by atoms with E-state index in [2.05, 4.69) is 0 Å². The zero-order valence-corrected chi connectivity index (χ0v) is 13.7. The topological polar surface area (TPSA) is 148 Å². The average Bonchev–Trinajstić information content (AvgIpc) is 3.28. The Labute approximate surface area is 147 Å². The predicted molar refractivity (Wildman–Crippen MR) is 82.9 cm³/mol. The van der Waals surface area contributed by atoms with Crippen molar-refractivity contribution in [3.05, 3.63) is 39.9 Å². The van der Waals surface area contributed by atoms with E-state index in [0.29, 0.717) is 9.80 Å². The molecule has 1 spiro atoms. The molecule has 1 aliphatic heterocycles. The first-order chi connectivity index (χ1) is 12.2. The van der Waals surface area contributed by atoms with Crippen molar-refractivity contribution in [3.63, 3.8) is 0 Å². The van der Waals surface area contributed by atoms with Crippen LogP contribution < -0.4 is 0 Å². The summed E-state index contributed by atoms with van der Waals surface area (Å²) in [5, 5.41) is 30.0. The number of barbiturate groups is 1. The maximum Gasteiger partial charge on any atom is 0.332 e. The quantitative estimate of drug-likeness (QED) is 0.433. The third-order valence-electron chi connectivity index (χ3n) is 5.05. The van der Waals surface area contributed by atoms with Gasteiger partial charge >= 0.3 is 6.03 Å². The Kier molecular flexibility index (Phi) is 3.34. The molecule has 1 aliphatic carbocycles. The van der Waals surface area contributed by atoms with E-state index < -0.39 is 39.5 Å². The Hall–Kier alpha value is -3.79. The molecule has 0 bridgehead atoms. The van der Waals surface area contributed by atoms with Crippen LogP contribution in [0.15, 0.2) is 24.3 Å². The fraction of sp³-hybridized carbons (Fsp3) is 0.312. The molecule has 130 valence electrons. The van der Waals surface area contributed by atoms with Crippen molar-refractivity contribution in [2.24, 2.45) is 10.8 Å². The first-order valence-corrected chi connectivity index (χ1v) is 7.37. The number of imide groups is 2. The Bertz CT molecular complexity index is 917. The van der Waals surface area contributed by atoms with Gasteiger partial charge in [-0.1, -0.05) is 12.1 Å². The minimum Gasteiger partial charge on any atom is -0.273 e. The van der Waals surface area contributed by atoms with Crippen molar-refractivity contribution in [1.29, 1.82) is 10.5 Å². The number of rotatable bonds is 2. The van der Waals surface area contributed by atoms with Crippen molar-refractivity contribution in [2.75, 3.05) is 14.1 Å². The van der Waals surface area contributed by atoms with E-state index in [1.807, 2.05) is 0 Å². The Morgan fingerprint density at radius 3 is 1.88 bits per heavy atom. The Morgan fingerprint density at radius 1 is 1.04 bits per heavy atom. The molecular weight excluding hydrogens is 342 g/mol. The molecule has 0 radical (unpaired) electrons. The summed E-state index contributed by atoms with van der Waals surface area (Å²) in [6, 6.07) is 7.61. The van der Waals surface area contributed by atoms with E-state index in [4.69, 9.17) is 0 Å². The zero-order chi connectivity index (χ0) is 19.4. The van der Waals surface area contributed by atoms with Gasteiger partial charge in [-0.2, -0.15) is 10.5 Å². The number of benzene rings is 1. The molecule has 10 nitrogen and oxygen atoms in total. The van der Waals surface area contributed by atoms with Gasteiger partial charge in [0.1, 0.15) is 0 Å². The minimum atomic E-state index is -2.05. The van der Waals surface area contributed by atoms with Crippen LogP contribution in [-0.4, -0.2) is 46.7 Å². The van der Waals surface area contributed by atoms with Gasteiger partial charge in [0.15, 0.2) is 10.8 Å². The van der Waals surface area contributed by atoms with Gasteiger partial charge in [0.05, 0.1) is 17.1 Å². The first-order valence-electron chi connectivity index (χ1n) is 7.37. The molecule has 0 aromatic heterocycles. The summed E-state index contributed by atoms with van der Waals surface area (Å²) in [6.07, 6.45) is 0. The molecule has 3 rings (SSSR count). The number of urea groups is 1. The molecule has 2 fully saturated rings. The van der Waals surface area contributed by atoms with E-state index in [1.54, 1.807) is 12.1 Å². The van der Waals surface area contributed by atoms with E-state index in [1.165, 1.54) is 26.2 Å². The molecule has 1 aromatic rings. The summed E-state index contributed by atoms with van der Waals surface area (Å²) in [7, 11) is 2.33. The van der Waals surface area contributed by atoms with Crippen LogP contribution in [0.3, 0.4) is 0 Å². The predicted octanol–water partition coefficient (Wildman–Crippen LogP) is 0.762. The number of carbonyl (C=O) groups excluding carboxylic acids is 3. The number of non-ortho nitro benzene ring substituents is 1. The monoisotopic (exact) mass is 353 g/mol. The lowest BCUT2D eigenvalue weighted by atomic mass is 9.90. The lowest BCUT2D eigenvalue weighted by molar-refractivity contribution is -0.384. The Balaban J connectivity index is 2.20. The molecular formula is C16H11N5O5. The number of nitriles is 2. The van der Waals surface area contributed by atoms with Gasteiger partial charge < -0.3 is 0 Å². The lowest BCUT2D eigenvalue weighted by Gasteiger charge is -2.34. The van der Waals surface area contributed by atoms with Gasteiger partial charge in [-0.25, -0.2) is 4.79 Å². The van der Waals surface area contributed by atoms with E-state index >= 15 is 0 Å². The second-order valence-electron chi connectivity index (χ2n) is 6.13. The molecule has 1 saturated carbocycles. The average molecular weight is 353 g/mol. The number of nitrogens with zero attached hydrogens (tertiary/aromatic N) is 5. The summed E-state index contributed by atoms with van der Waals surface area (Å²) < 4.78 is 0. The van der Waals surface area contributed by atoms with E-state index in [9.17, 15) is 35.0 Å². The fourth-order valence-corrected chi connectivity index (χ4v) is 3.70. The number of hydrogen-bond donors (Lipinski definition) is 0. The van der Waals surface area contributed by atoms with Crippen LogP contribution in [0.25, 0.3) is 0 Å². The molecule has 2 aliphatic rings.